The maximum atomic E-state index is 11.4. The van der Waals surface area contributed by atoms with Crippen LogP contribution in [0.2, 0.25) is 0 Å². The summed E-state index contributed by atoms with van der Waals surface area (Å²) in [5, 5.41) is 0. The van der Waals surface area contributed by atoms with Crippen LogP contribution in [0.15, 0.2) is 0 Å². The number of carbonyl (C=O) groups excluding carboxylic acids is 2. The molecule has 0 aromatic carbocycles. The van der Waals surface area contributed by atoms with E-state index in [0.29, 0.717) is 12.8 Å². The first-order valence-electron chi connectivity index (χ1n) is 4.19. The van der Waals surface area contributed by atoms with Crippen molar-refractivity contribution in [2.45, 2.75) is 19.8 Å². The number of primary amides is 2. The Morgan fingerprint density at radius 1 is 1.33 bits per heavy atom. The minimum Gasteiger partial charge on any atom is -0.350 e. The predicted octanol–water partition coefficient (Wildman–Crippen LogP) is -0.920. The zero-order chi connectivity index (χ0) is 12.1. The van der Waals surface area contributed by atoms with Gasteiger partial charge in [-0.1, -0.05) is 13.3 Å². The predicted molar refractivity (Wildman–Crippen MR) is 52.8 cm³/mol. The summed E-state index contributed by atoms with van der Waals surface area (Å²) in [5.41, 5.74) is 11.1. The number of rotatable bonds is 4. The number of hydrogen-bond donors (Lipinski definition) is 3. The molecule has 0 bridgehead atoms. The third kappa shape index (κ3) is 4.49. The molecular formula is C6H14N4O4S. The molecule has 4 amide bonds. The van der Waals surface area contributed by atoms with E-state index >= 15 is 0 Å². The van der Waals surface area contributed by atoms with Crippen molar-refractivity contribution in [3.63, 3.8) is 0 Å². The number of urea groups is 2. The number of unbranched alkanes of at least 4 members (excludes halogenated alkanes) is 1. The molecule has 0 rings (SSSR count). The average molecular weight is 238 g/mol. The van der Waals surface area contributed by atoms with Gasteiger partial charge in [-0.05, 0) is 6.42 Å². The molecule has 0 aliphatic rings. The van der Waals surface area contributed by atoms with Crippen LogP contribution in [0.3, 0.4) is 0 Å². The summed E-state index contributed by atoms with van der Waals surface area (Å²) < 4.78 is 22.9. The van der Waals surface area contributed by atoms with E-state index in [4.69, 9.17) is 11.5 Å². The first-order valence-corrected chi connectivity index (χ1v) is 5.80. The van der Waals surface area contributed by atoms with Gasteiger partial charge >= 0.3 is 12.1 Å². The normalized spacial score (nSPS) is 10.7. The van der Waals surface area contributed by atoms with Gasteiger partial charge in [0, 0.05) is 0 Å². The van der Waals surface area contributed by atoms with Gasteiger partial charge in [-0.15, -0.1) is 4.41 Å². The summed E-state index contributed by atoms with van der Waals surface area (Å²) in [7, 11) is -3.93. The number of amides is 4. The fourth-order valence-electron chi connectivity index (χ4n) is 0.780. The Hall–Kier alpha value is -1.51. The second-order valence-electron chi connectivity index (χ2n) is 2.75. The molecule has 0 heterocycles. The van der Waals surface area contributed by atoms with E-state index in [9.17, 15) is 18.0 Å². The summed E-state index contributed by atoms with van der Waals surface area (Å²) in [6.07, 6.45) is 0.981. The summed E-state index contributed by atoms with van der Waals surface area (Å²) in [6.45, 7) is 1.78. The van der Waals surface area contributed by atoms with Crippen molar-refractivity contribution in [1.82, 2.24) is 9.84 Å². The number of carbonyl (C=O) groups is 2. The van der Waals surface area contributed by atoms with Gasteiger partial charge in [-0.25, -0.2) is 23.4 Å². The van der Waals surface area contributed by atoms with Crippen LogP contribution in [0, 0.1) is 0 Å². The number of nitrogens with zero attached hydrogens (tertiary/aromatic N) is 1. The molecule has 0 radical (unpaired) electrons. The van der Waals surface area contributed by atoms with Crippen molar-refractivity contribution in [3.8, 4) is 0 Å². The number of nitrogens with two attached hydrogens (primary N) is 2. The quantitative estimate of drug-likeness (QED) is 0.545. The van der Waals surface area contributed by atoms with E-state index in [1.54, 1.807) is 12.3 Å². The number of hydrazine groups is 1. The molecule has 0 saturated carbocycles. The molecule has 0 spiro atoms. The van der Waals surface area contributed by atoms with Crippen molar-refractivity contribution >= 4 is 22.1 Å². The van der Waals surface area contributed by atoms with Crippen LogP contribution in [0.4, 0.5) is 9.59 Å². The Morgan fingerprint density at radius 3 is 2.20 bits per heavy atom. The highest BCUT2D eigenvalue weighted by Crippen LogP contribution is 2.01. The first kappa shape index (κ1) is 13.5. The van der Waals surface area contributed by atoms with E-state index < -0.39 is 22.1 Å². The van der Waals surface area contributed by atoms with Crippen LogP contribution < -0.4 is 16.9 Å². The number of hydrogen-bond acceptors (Lipinski definition) is 4. The van der Waals surface area contributed by atoms with Gasteiger partial charge in [0.1, 0.15) is 0 Å². The molecule has 0 fully saturated rings. The summed E-state index contributed by atoms with van der Waals surface area (Å²) in [6, 6.07) is -2.47. The molecule has 9 heteroatoms. The van der Waals surface area contributed by atoms with Gasteiger partial charge in [0.15, 0.2) is 0 Å². The second kappa shape index (κ2) is 5.39. The lowest BCUT2D eigenvalue weighted by atomic mass is 10.4. The fraction of sp³-hybridized carbons (Fsp3) is 0.667. The Balaban J connectivity index is 4.75. The van der Waals surface area contributed by atoms with Gasteiger partial charge in [-0.2, -0.15) is 0 Å². The van der Waals surface area contributed by atoms with Gasteiger partial charge in [0.25, 0.3) is 10.0 Å². The van der Waals surface area contributed by atoms with Gasteiger partial charge < -0.3 is 11.5 Å². The van der Waals surface area contributed by atoms with Crippen molar-refractivity contribution in [2.24, 2.45) is 11.5 Å². The minimum atomic E-state index is -3.93. The lowest BCUT2D eigenvalue weighted by molar-refractivity contribution is 0.210. The summed E-state index contributed by atoms with van der Waals surface area (Å²) in [4.78, 5) is 21.2. The Labute approximate surface area is 87.6 Å². The Bertz CT molecular complexity index is 339. The van der Waals surface area contributed by atoms with E-state index in [2.05, 4.69) is 0 Å². The maximum Gasteiger partial charge on any atom is 0.348 e. The largest absolute Gasteiger partial charge is 0.350 e. The molecule has 0 atom stereocenters. The molecule has 0 saturated heterocycles. The molecule has 0 aliphatic carbocycles. The zero-order valence-electron chi connectivity index (χ0n) is 8.26. The van der Waals surface area contributed by atoms with Crippen molar-refractivity contribution < 1.29 is 18.0 Å². The van der Waals surface area contributed by atoms with E-state index in [1.807, 2.05) is 0 Å². The van der Waals surface area contributed by atoms with Gasteiger partial charge in [-0.3, -0.25) is 0 Å². The van der Waals surface area contributed by atoms with Crippen molar-refractivity contribution in [3.05, 3.63) is 0 Å². The molecule has 8 nitrogen and oxygen atoms in total. The third-order valence-corrected chi connectivity index (χ3v) is 3.08. The molecule has 88 valence electrons. The standard InChI is InChI=1S/C6H14N4O4S/c1-2-3-4-15(13,14)10(6(8)12)9-5(7)11/h2-4H2,1H3,(H2,8,12)(H3,7,9,11). The SMILES string of the molecule is CCCCS(=O)(=O)N(NC(N)=O)C(N)=O. The van der Waals surface area contributed by atoms with Gasteiger partial charge in [0.2, 0.25) is 0 Å². The van der Waals surface area contributed by atoms with Crippen LogP contribution >= 0.6 is 0 Å². The molecule has 5 N–H and O–H groups in total. The van der Waals surface area contributed by atoms with Crippen LogP contribution in [0.1, 0.15) is 19.8 Å². The highest BCUT2D eigenvalue weighted by atomic mass is 32.2. The maximum absolute atomic E-state index is 11.4. The van der Waals surface area contributed by atoms with Crippen LogP contribution in [-0.4, -0.2) is 30.6 Å². The van der Waals surface area contributed by atoms with E-state index in [1.165, 1.54) is 0 Å². The van der Waals surface area contributed by atoms with E-state index in [0.717, 1.165) is 0 Å². The molecule has 0 aromatic heterocycles. The van der Waals surface area contributed by atoms with E-state index in [-0.39, 0.29) is 10.2 Å². The van der Waals surface area contributed by atoms with Crippen LogP contribution in [0.5, 0.6) is 0 Å². The molecule has 0 aromatic rings. The van der Waals surface area contributed by atoms with Gasteiger partial charge in [0.05, 0.1) is 5.75 Å². The molecule has 15 heavy (non-hydrogen) atoms. The monoisotopic (exact) mass is 238 g/mol. The third-order valence-electron chi connectivity index (χ3n) is 1.45. The Kier molecular flexibility index (Phi) is 4.85. The van der Waals surface area contributed by atoms with Crippen molar-refractivity contribution in [1.29, 1.82) is 0 Å². The molecular weight excluding hydrogens is 224 g/mol. The van der Waals surface area contributed by atoms with Crippen molar-refractivity contribution in [2.75, 3.05) is 5.75 Å². The second-order valence-corrected chi connectivity index (χ2v) is 4.69. The summed E-state index contributed by atoms with van der Waals surface area (Å²) >= 11 is 0. The highest BCUT2D eigenvalue weighted by molar-refractivity contribution is 7.89. The number of sulfonamides is 1. The first-order chi connectivity index (χ1) is 6.81. The summed E-state index contributed by atoms with van der Waals surface area (Å²) in [5.74, 6) is -0.285. The molecule has 0 unspecified atom stereocenters. The lowest BCUT2D eigenvalue weighted by Gasteiger charge is -2.19. The topological polar surface area (TPSA) is 136 Å². The fourth-order valence-corrected chi connectivity index (χ4v) is 2.12. The lowest BCUT2D eigenvalue weighted by Crippen LogP contribution is -2.54. The minimum absolute atomic E-state index is 0.0466. The average Bonchev–Trinajstić information content (AvgIpc) is 2.10. The van der Waals surface area contributed by atoms with Crippen LogP contribution in [-0.2, 0) is 10.0 Å². The smallest absolute Gasteiger partial charge is 0.348 e. The zero-order valence-corrected chi connectivity index (χ0v) is 9.08. The number of nitrogens with one attached hydrogen (secondary N) is 1. The Morgan fingerprint density at radius 2 is 1.87 bits per heavy atom. The molecule has 0 aliphatic heterocycles. The van der Waals surface area contributed by atoms with Crippen LogP contribution in [0.25, 0.3) is 0 Å². The highest BCUT2D eigenvalue weighted by Gasteiger charge is 2.26.